The van der Waals surface area contributed by atoms with Crippen molar-refractivity contribution in [1.82, 2.24) is 9.88 Å². The Balaban J connectivity index is 1.39. The number of halogens is 3. The van der Waals surface area contributed by atoms with Gasteiger partial charge in [0, 0.05) is 6.54 Å². The van der Waals surface area contributed by atoms with Crippen LogP contribution < -0.4 is 4.74 Å². The molecule has 5 nitrogen and oxygen atoms in total. The zero-order valence-corrected chi connectivity index (χ0v) is 18.1. The van der Waals surface area contributed by atoms with Gasteiger partial charge in [-0.2, -0.15) is 13.2 Å². The maximum atomic E-state index is 13.5. The number of benzene rings is 3. The highest BCUT2D eigenvalue weighted by atomic mass is 19.4. The van der Waals surface area contributed by atoms with Crippen molar-refractivity contribution < 1.29 is 27.1 Å². The van der Waals surface area contributed by atoms with Crippen LogP contribution in [0.25, 0.3) is 22.2 Å². The van der Waals surface area contributed by atoms with Crippen LogP contribution in [0.15, 0.2) is 77.2 Å². The molecule has 0 bridgehead atoms. The van der Waals surface area contributed by atoms with Gasteiger partial charge in [0.1, 0.15) is 17.3 Å². The quantitative estimate of drug-likeness (QED) is 0.349. The van der Waals surface area contributed by atoms with Crippen molar-refractivity contribution in [3.05, 3.63) is 84.3 Å². The summed E-state index contributed by atoms with van der Waals surface area (Å²) in [6.45, 7) is 0.462. The van der Waals surface area contributed by atoms with Gasteiger partial charge in [-0.15, -0.1) is 0 Å². The predicted octanol–water partition coefficient (Wildman–Crippen LogP) is 6.26. The first kappa shape index (κ1) is 22.0. The summed E-state index contributed by atoms with van der Waals surface area (Å²) in [5, 5.41) is 0. The molecule has 34 heavy (non-hydrogen) atoms. The molecule has 4 aromatic rings. The zero-order chi connectivity index (χ0) is 23.7. The van der Waals surface area contributed by atoms with E-state index in [4.69, 9.17) is 9.15 Å². The number of ether oxygens (including phenoxy) is 1. The molecule has 2 heterocycles. The van der Waals surface area contributed by atoms with Crippen LogP contribution in [0.5, 0.6) is 5.75 Å². The summed E-state index contributed by atoms with van der Waals surface area (Å²) in [5.74, 6) is 0.815. The minimum absolute atomic E-state index is 0.0807. The molecule has 174 valence electrons. The third-order valence-corrected chi connectivity index (χ3v) is 5.91. The molecule has 1 aromatic heterocycles. The van der Waals surface area contributed by atoms with Crippen molar-refractivity contribution in [1.29, 1.82) is 0 Å². The molecule has 5 rings (SSSR count). The summed E-state index contributed by atoms with van der Waals surface area (Å²) in [6, 6.07) is 19.0. The largest absolute Gasteiger partial charge is 0.484 e. The molecule has 0 unspecified atom stereocenters. The van der Waals surface area contributed by atoms with E-state index in [1.165, 1.54) is 12.1 Å². The second-order valence-corrected chi connectivity index (χ2v) is 8.12. The van der Waals surface area contributed by atoms with Crippen molar-refractivity contribution in [2.24, 2.45) is 0 Å². The number of aromatic nitrogens is 1. The Labute approximate surface area is 193 Å². The number of fused-ring (bicyclic) bond motifs is 1. The number of nitrogens with zero attached hydrogens (tertiary/aromatic N) is 2. The lowest BCUT2D eigenvalue weighted by Gasteiger charge is -2.22. The Kier molecular flexibility index (Phi) is 5.73. The molecular formula is C26H21F3N2O3. The fraction of sp³-hybridized carbons (Fsp3) is 0.231. The normalized spacial score (nSPS) is 16.2. The molecule has 0 spiro atoms. The van der Waals surface area contributed by atoms with E-state index in [0.717, 1.165) is 12.5 Å². The molecule has 1 fully saturated rings. The number of carbonyl (C=O) groups is 1. The van der Waals surface area contributed by atoms with Crippen LogP contribution >= 0.6 is 0 Å². The average Bonchev–Trinajstić information content (AvgIpc) is 3.49. The van der Waals surface area contributed by atoms with E-state index in [2.05, 4.69) is 4.98 Å². The van der Waals surface area contributed by atoms with Crippen molar-refractivity contribution >= 4 is 17.0 Å². The lowest BCUT2D eigenvalue weighted by molar-refractivity contribution is -0.137. The molecule has 0 N–H and O–H groups in total. The minimum atomic E-state index is -4.47. The Morgan fingerprint density at radius 3 is 2.62 bits per heavy atom. The monoisotopic (exact) mass is 466 g/mol. The van der Waals surface area contributed by atoms with Gasteiger partial charge in [0.05, 0.1) is 5.56 Å². The second-order valence-electron chi connectivity index (χ2n) is 8.12. The number of hydrogen-bond acceptors (Lipinski definition) is 4. The van der Waals surface area contributed by atoms with Crippen LogP contribution in [-0.4, -0.2) is 28.9 Å². The smallest absolute Gasteiger partial charge is 0.417 e. The number of alkyl halides is 3. The number of para-hydroxylation sites is 1. The predicted molar refractivity (Wildman–Crippen MR) is 120 cm³/mol. The van der Waals surface area contributed by atoms with E-state index in [1.807, 2.05) is 18.2 Å². The SMILES string of the molecule is O=C(COc1ccccc1)N1CCC[C@H]1c1nc2cc(-c3ccccc3C(F)(F)F)ccc2o1. The second kappa shape index (κ2) is 8.85. The standard InChI is InChI=1S/C26H21F3N2O3/c27-26(28,29)20-10-5-4-9-19(20)17-12-13-23-21(15-17)30-25(34-23)22-11-6-14-31(22)24(32)16-33-18-7-2-1-3-8-18/h1-5,7-10,12-13,15,22H,6,11,14,16H2/t22-/m0/s1. The van der Waals surface area contributed by atoms with Gasteiger partial charge in [-0.3, -0.25) is 4.79 Å². The van der Waals surface area contributed by atoms with E-state index in [-0.39, 0.29) is 24.1 Å². The summed E-state index contributed by atoms with van der Waals surface area (Å²) < 4.78 is 51.9. The molecule has 1 atom stereocenters. The van der Waals surface area contributed by atoms with E-state index in [1.54, 1.807) is 41.3 Å². The Hall–Kier alpha value is -3.81. The number of rotatable bonds is 5. The maximum absolute atomic E-state index is 13.5. The molecule has 0 radical (unpaired) electrons. The van der Waals surface area contributed by atoms with Gasteiger partial charge in [-0.25, -0.2) is 4.98 Å². The Bertz CT molecular complexity index is 1320. The number of oxazole rings is 1. The van der Waals surface area contributed by atoms with E-state index in [9.17, 15) is 18.0 Å². The van der Waals surface area contributed by atoms with Crippen LogP contribution in [0.3, 0.4) is 0 Å². The molecule has 8 heteroatoms. The highest BCUT2D eigenvalue weighted by molar-refractivity contribution is 5.82. The molecule has 0 aliphatic carbocycles. The molecule has 3 aromatic carbocycles. The fourth-order valence-electron chi connectivity index (χ4n) is 4.30. The van der Waals surface area contributed by atoms with Crippen molar-refractivity contribution in [3.63, 3.8) is 0 Å². The first-order valence-corrected chi connectivity index (χ1v) is 10.9. The maximum Gasteiger partial charge on any atom is 0.417 e. The van der Waals surface area contributed by atoms with Gasteiger partial charge in [0.15, 0.2) is 12.2 Å². The lowest BCUT2D eigenvalue weighted by atomic mass is 9.99. The van der Waals surface area contributed by atoms with Gasteiger partial charge in [0.2, 0.25) is 5.89 Å². The Morgan fingerprint density at radius 2 is 1.82 bits per heavy atom. The molecule has 1 amide bonds. The van der Waals surface area contributed by atoms with Crippen LogP contribution in [0.1, 0.15) is 30.3 Å². The van der Waals surface area contributed by atoms with Crippen molar-refractivity contribution in [2.45, 2.75) is 25.1 Å². The third kappa shape index (κ3) is 4.35. The first-order chi connectivity index (χ1) is 16.4. The van der Waals surface area contributed by atoms with E-state index < -0.39 is 11.7 Å². The summed E-state index contributed by atoms with van der Waals surface area (Å²) in [7, 11) is 0. The fourth-order valence-corrected chi connectivity index (χ4v) is 4.30. The molecule has 0 saturated carbocycles. The number of hydrogen-bond donors (Lipinski definition) is 0. The lowest BCUT2D eigenvalue weighted by Crippen LogP contribution is -2.34. The van der Waals surface area contributed by atoms with Crippen molar-refractivity contribution in [2.75, 3.05) is 13.2 Å². The van der Waals surface area contributed by atoms with Crippen LogP contribution in [0.4, 0.5) is 13.2 Å². The summed E-state index contributed by atoms with van der Waals surface area (Å²) in [4.78, 5) is 19.0. The van der Waals surface area contributed by atoms with E-state index in [0.29, 0.717) is 41.3 Å². The zero-order valence-electron chi connectivity index (χ0n) is 18.1. The van der Waals surface area contributed by atoms with Gasteiger partial charge in [-0.05, 0) is 54.3 Å². The summed E-state index contributed by atoms with van der Waals surface area (Å²) >= 11 is 0. The van der Waals surface area contributed by atoms with Crippen LogP contribution in [0, 0.1) is 0 Å². The molecular weight excluding hydrogens is 445 g/mol. The summed E-state index contributed by atoms with van der Waals surface area (Å²) in [6.07, 6.45) is -2.98. The minimum Gasteiger partial charge on any atom is -0.484 e. The summed E-state index contributed by atoms with van der Waals surface area (Å²) in [5.41, 5.74) is 0.685. The van der Waals surface area contributed by atoms with Crippen molar-refractivity contribution in [3.8, 4) is 16.9 Å². The number of likely N-dealkylation sites (tertiary alicyclic amines) is 1. The average molecular weight is 466 g/mol. The third-order valence-electron chi connectivity index (χ3n) is 5.91. The van der Waals surface area contributed by atoms with Crippen LogP contribution in [-0.2, 0) is 11.0 Å². The Morgan fingerprint density at radius 1 is 1.06 bits per heavy atom. The van der Waals surface area contributed by atoms with Gasteiger partial charge >= 0.3 is 6.18 Å². The highest BCUT2D eigenvalue weighted by Gasteiger charge is 2.35. The molecule has 1 aliphatic heterocycles. The number of carbonyl (C=O) groups excluding carboxylic acids is 1. The molecule has 1 saturated heterocycles. The molecule has 1 aliphatic rings. The highest BCUT2D eigenvalue weighted by Crippen LogP contribution is 2.39. The van der Waals surface area contributed by atoms with Gasteiger partial charge in [-0.1, -0.05) is 42.5 Å². The topological polar surface area (TPSA) is 55.6 Å². The first-order valence-electron chi connectivity index (χ1n) is 10.9. The number of amides is 1. The van der Waals surface area contributed by atoms with Gasteiger partial charge in [0.25, 0.3) is 5.91 Å². The van der Waals surface area contributed by atoms with E-state index >= 15 is 0 Å². The van der Waals surface area contributed by atoms with Crippen LogP contribution in [0.2, 0.25) is 0 Å². The van der Waals surface area contributed by atoms with Gasteiger partial charge < -0.3 is 14.1 Å².